The van der Waals surface area contributed by atoms with Crippen LogP contribution in [0.15, 0.2) is 44.4 Å². The number of carboxylic acids is 1. The molecule has 0 aliphatic rings. The molecule has 0 fully saturated rings. The van der Waals surface area contributed by atoms with E-state index in [0.29, 0.717) is 18.4 Å². The number of primary sulfonamides is 1. The molecule has 2 aromatic carbocycles. The normalized spacial score (nSPS) is 11.9. The molecule has 0 radical (unpaired) electrons. The largest absolute Gasteiger partial charge is 0.478 e. The Bertz CT molecular complexity index is 1180. The molecule has 0 unspecified atom stereocenters. The molecule has 0 aliphatic carbocycles. The molecule has 1 heterocycles. The molecule has 0 spiro atoms. The first-order valence-electron chi connectivity index (χ1n) is 7.52. The molecular formula is C17H15NO6S. The van der Waals surface area contributed by atoms with Gasteiger partial charge in [-0.15, -0.1) is 0 Å². The van der Waals surface area contributed by atoms with Crippen LogP contribution in [0.1, 0.15) is 29.3 Å². The van der Waals surface area contributed by atoms with E-state index >= 15 is 0 Å². The second-order valence-corrected chi connectivity index (χ2v) is 7.22. The van der Waals surface area contributed by atoms with Gasteiger partial charge in [0.1, 0.15) is 11.2 Å². The molecule has 25 heavy (non-hydrogen) atoms. The van der Waals surface area contributed by atoms with Crippen molar-refractivity contribution in [3.05, 3.63) is 51.7 Å². The van der Waals surface area contributed by atoms with Crippen molar-refractivity contribution in [2.45, 2.75) is 24.7 Å². The molecule has 3 aromatic rings. The van der Waals surface area contributed by atoms with E-state index in [1.54, 1.807) is 0 Å². The molecule has 3 N–H and O–H groups in total. The van der Waals surface area contributed by atoms with Crippen molar-refractivity contribution in [1.29, 1.82) is 0 Å². The van der Waals surface area contributed by atoms with Crippen molar-refractivity contribution >= 4 is 37.9 Å². The first-order valence-corrected chi connectivity index (χ1v) is 9.07. The summed E-state index contributed by atoms with van der Waals surface area (Å²) in [5.74, 6) is -1.12. The molecule has 0 bridgehead atoms. The number of benzene rings is 2. The average molecular weight is 361 g/mol. The van der Waals surface area contributed by atoms with Gasteiger partial charge >= 0.3 is 5.97 Å². The predicted octanol–water partition coefficient (Wildman–Crippen LogP) is 2.24. The van der Waals surface area contributed by atoms with Gasteiger partial charge in [-0.25, -0.2) is 18.4 Å². The van der Waals surface area contributed by atoms with Crippen LogP contribution in [0.3, 0.4) is 0 Å². The highest BCUT2D eigenvalue weighted by atomic mass is 32.2. The zero-order valence-electron chi connectivity index (χ0n) is 13.3. The molecule has 7 nitrogen and oxygen atoms in total. The fourth-order valence-corrected chi connectivity index (χ4v) is 3.40. The maximum Gasteiger partial charge on any atom is 0.335 e. The van der Waals surface area contributed by atoms with Crippen molar-refractivity contribution < 1.29 is 22.7 Å². The minimum atomic E-state index is -3.93. The zero-order chi connectivity index (χ0) is 18.4. The zero-order valence-corrected chi connectivity index (χ0v) is 14.1. The number of fused-ring (bicyclic) bond motifs is 2. The van der Waals surface area contributed by atoms with Gasteiger partial charge < -0.3 is 9.52 Å². The third-order valence-corrected chi connectivity index (χ3v) is 4.89. The van der Waals surface area contributed by atoms with E-state index in [-0.39, 0.29) is 32.4 Å². The molecule has 0 saturated heterocycles. The highest BCUT2D eigenvalue weighted by Gasteiger charge is 2.19. The summed E-state index contributed by atoms with van der Waals surface area (Å²) in [6.45, 7) is 1.88. The Morgan fingerprint density at radius 1 is 1.20 bits per heavy atom. The van der Waals surface area contributed by atoms with Crippen molar-refractivity contribution in [3.8, 4) is 0 Å². The van der Waals surface area contributed by atoms with Gasteiger partial charge in [0.15, 0.2) is 0 Å². The summed E-state index contributed by atoms with van der Waals surface area (Å²) >= 11 is 0. The van der Waals surface area contributed by atoms with Gasteiger partial charge in [0.25, 0.3) is 0 Å². The summed E-state index contributed by atoms with van der Waals surface area (Å²) < 4.78 is 28.6. The van der Waals surface area contributed by atoms with Crippen LogP contribution in [0.5, 0.6) is 0 Å². The number of aryl methyl sites for hydroxylation is 1. The maximum absolute atomic E-state index is 12.9. The average Bonchev–Trinajstić information content (AvgIpc) is 2.53. The molecule has 1 aromatic heterocycles. The van der Waals surface area contributed by atoms with Crippen LogP contribution < -0.4 is 10.6 Å². The van der Waals surface area contributed by atoms with Gasteiger partial charge in [-0.2, -0.15) is 0 Å². The van der Waals surface area contributed by atoms with E-state index in [0.717, 1.165) is 0 Å². The van der Waals surface area contributed by atoms with Crippen molar-refractivity contribution in [1.82, 2.24) is 0 Å². The number of rotatable bonds is 4. The van der Waals surface area contributed by atoms with Gasteiger partial charge in [0.2, 0.25) is 15.5 Å². The number of aromatic carboxylic acids is 1. The third kappa shape index (κ3) is 2.90. The van der Waals surface area contributed by atoms with Crippen LogP contribution in [0.25, 0.3) is 21.9 Å². The number of nitrogens with two attached hydrogens (primary N) is 1. The summed E-state index contributed by atoms with van der Waals surface area (Å²) in [6, 6.07) is 6.52. The van der Waals surface area contributed by atoms with Crippen LogP contribution in [0.2, 0.25) is 0 Å². The van der Waals surface area contributed by atoms with Crippen LogP contribution in [-0.4, -0.2) is 19.5 Å². The van der Waals surface area contributed by atoms with Gasteiger partial charge in [-0.05, 0) is 36.2 Å². The van der Waals surface area contributed by atoms with Crippen molar-refractivity contribution in [2.24, 2.45) is 5.14 Å². The first kappa shape index (κ1) is 17.1. The van der Waals surface area contributed by atoms with Gasteiger partial charge in [-0.1, -0.05) is 13.3 Å². The van der Waals surface area contributed by atoms with E-state index in [2.05, 4.69) is 0 Å². The Balaban J connectivity index is 2.46. The van der Waals surface area contributed by atoms with Crippen LogP contribution in [0.4, 0.5) is 0 Å². The van der Waals surface area contributed by atoms with Crippen LogP contribution in [0, 0.1) is 0 Å². The predicted molar refractivity (Wildman–Crippen MR) is 92.3 cm³/mol. The Labute approximate surface area is 142 Å². The Hall–Kier alpha value is -2.71. The van der Waals surface area contributed by atoms with Crippen LogP contribution >= 0.6 is 0 Å². The van der Waals surface area contributed by atoms with E-state index in [9.17, 15) is 23.1 Å². The molecule has 8 heteroatoms. The molecule has 130 valence electrons. The highest BCUT2D eigenvalue weighted by molar-refractivity contribution is 7.89. The summed E-state index contributed by atoms with van der Waals surface area (Å²) in [5, 5.41) is 14.8. The summed E-state index contributed by atoms with van der Waals surface area (Å²) in [6.07, 6.45) is 1.06. The van der Waals surface area contributed by atoms with E-state index in [1.165, 1.54) is 30.3 Å². The Morgan fingerprint density at radius 2 is 1.92 bits per heavy atom. The minimum Gasteiger partial charge on any atom is -0.478 e. The quantitative estimate of drug-likeness (QED) is 0.686. The smallest absolute Gasteiger partial charge is 0.335 e. The van der Waals surface area contributed by atoms with E-state index in [1.807, 2.05) is 6.92 Å². The third-order valence-electron chi connectivity index (χ3n) is 3.98. The summed E-state index contributed by atoms with van der Waals surface area (Å²) in [5.41, 5.74) is 0.358. The van der Waals surface area contributed by atoms with Gasteiger partial charge in [0.05, 0.1) is 21.2 Å². The second-order valence-electron chi connectivity index (χ2n) is 5.65. The number of sulfonamides is 1. The minimum absolute atomic E-state index is 0.0576. The number of hydrogen-bond acceptors (Lipinski definition) is 5. The molecule has 0 atom stereocenters. The molecule has 0 saturated carbocycles. The SMILES string of the molecule is CCCc1c(C(=O)O)ccc2oc3cc(S(N)(=O)=O)ccc3c(=O)c12. The number of carboxylic acid groups (broad SMARTS) is 1. The highest BCUT2D eigenvalue weighted by Crippen LogP contribution is 2.26. The first-order chi connectivity index (χ1) is 11.7. The van der Waals surface area contributed by atoms with Crippen LogP contribution in [-0.2, 0) is 16.4 Å². The molecule has 0 aliphatic heterocycles. The topological polar surface area (TPSA) is 128 Å². The number of carbonyl (C=O) groups is 1. The van der Waals surface area contributed by atoms with E-state index in [4.69, 9.17) is 9.56 Å². The lowest BCUT2D eigenvalue weighted by atomic mass is 9.97. The van der Waals surface area contributed by atoms with Crippen molar-refractivity contribution in [3.63, 3.8) is 0 Å². The summed E-state index contributed by atoms with van der Waals surface area (Å²) in [7, 11) is -3.93. The number of hydrogen-bond donors (Lipinski definition) is 2. The van der Waals surface area contributed by atoms with E-state index < -0.39 is 21.4 Å². The molecule has 3 rings (SSSR count). The standard InChI is InChI=1S/C17H15NO6S/c1-2-3-10-11(17(20)21)6-7-13-15(10)16(19)12-5-4-9(25(18,22)23)8-14(12)24-13/h4-8H,2-3H2,1H3,(H,20,21)(H2,18,22,23). The monoisotopic (exact) mass is 361 g/mol. The fourth-order valence-electron chi connectivity index (χ4n) is 2.88. The maximum atomic E-state index is 12.9. The molecule has 0 amide bonds. The summed E-state index contributed by atoms with van der Waals surface area (Å²) in [4.78, 5) is 24.2. The van der Waals surface area contributed by atoms with Gasteiger partial charge in [-0.3, -0.25) is 4.79 Å². The molecular weight excluding hydrogens is 346 g/mol. The second kappa shape index (κ2) is 5.98. The lowest BCUT2D eigenvalue weighted by molar-refractivity contribution is 0.0696. The fraction of sp³-hybridized carbons (Fsp3) is 0.176. The lowest BCUT2D eigenvalue weighted by Crippen LogP contribution is -2.13. The Kier molecular flexibility index (Phi) is 4.09. The van der Waals surface area contributed by atoms with Gasteiger partial charge in [0, 0.05) is 6.07 Å². The lowest BCUT2D eigenvalue weighted by Gasteiger charge is -2.10. The van der Waals surface area contributed by atoms with Crippen molar-refractivity contribution in [2.75, 3.05) is 0 Å². The Morgan fingerprint density at radius 3 is 2.52 bits per heavy atom.